The number of nitrogens with zero attached hydrogens (tertiary/aromatic N) is 4. The van der Waals surface area contributed by atoms with Crippen molar-refractivity contribution in [3.63, 3.8) is 0 Å². The highest BCUT2D eigenvalue weighted by molar-refractivity contribution is 8.00. The van der Waals surface area contributed by atoms with Gasteiger partial charge in [0.2, 0.25) is 15.9 Å². The molecule has 1 amide bonds. The highest BCUT2D eigenvalue weighted by Gasteiger charge is 2.27. The lowest BCUT2D eigenvalue weighted by atomic mass is 10.3. The number of sulfonamides is 1. The van der Waals surface area contributed by atoms with Gasteiger partial charge in [0.25, 0.3) is 0 Å². The molecule has 0 bridgehead atoms. The number of carbonyl (C=O) groups excluding carboxylic acids is 1. The van der Waals surface area contributed by atoms with Crippen LogP contribution in [0.5, 0.6) is 0 Å². The van der Waals surface area contributed by atoms with E-state index in [-0.39, 0.29) is 16.1 Å². The van der Waals surface area contributed by atoms with E-state index in [9.17, 15) is 13.2 Å². The van der Waals surface area contributed by atoms with Crippen LogP contribution in [0.1, 0.15) is 40.5 Å². The van der Waals surface area contributed by atoms with Crippen molar-refractivity contribution in [3.8, 4) is 0 Å². The zero-order chi connectivity index (χ0) is 21.2. The highest BCUT2D eigenvalue weighted by atomic mass is 32.2. The Bertz CT molecular complexity index is 977. The van der Waals surface area contributed by atoms with Crippen molar-refractivity contribution in [1.82, 2.24) is 18.8 Å². The molecule has 1 aliphatic rings. The Morgan fingerprint density at radius 1 is 1.21 bits per heavy atom. The van der Waals surface area contributed by atoms with Crippen molar-refractivity contribution in [3.05, 3.63) is 18.2 Å². The van der Waals surface area contributed by atoms with Gasteiger partial charge in [-0.3, -0.25) is 4.79 Å². The van der Waals surface area contributed by atoms with Crippen molar-refractivity contribution in [2.75, 3.05) is 26.2 Å². The summed E-state index contributed by atoms with van der Waals surface area (Å²) in [4.78, 5) is 19.5. The first-order valence-electron chi connectivity index (χ1n) is 10.3. The summed E-state index contributed by atoms with van der Waals surface area (Å²) in [5.74, 6) is 0.145. The van der Waals surface area contributed by atoms with Gasteiger partial charge in [-0.15, -0.1) is 0 Å². The van der Waals surface area contributed by atoms with Crippen LogP contribution in [0, 0.1) is 0 Å². The first kappa shape index (κ1) is 22.1. The molecule has 9 heteroatoms. The van der Waals surface area contributed by atoms with E-state index in [2.05, 4.69) is 4.98 Å². The molecule has 0 unspecified atom stereocenters. The Morgan fingerprint density at radius 2 is 1.86 bits per heavy atom. The lowest BCUT2D eigenvalue weighted by Gasteiger charge is -2.19. The smallest absolute Gasteiger partial charge is 0.243 e. The molecule has 2 aromatic rings. The monoisotopic (exact) mass is 438 g/mol. The molecule has 29 heavy (non-hydrogen) atoms. The molecule has 0 radical (unpaired) electrons. The summed E-state index contributed by atoms with van der Waals surface area (Å²) >= 11 is 1.44. The SMILES string of the molecule is CCN(CC)S(=O)(=O)c1ccc2c(c1)nc(S[C@@H](C)C(=O)N1CCCC1)n2CC. The van der Waals surface area contributed by atoms with Gasteiger partial charge >= 0.3 is 0 Å². The fraction of sp³-hybridized carbons (Fsp3) is 0.600. The third-order valence-electron chi connectivity index (χ3n) is 5.39. The molecule has 1 atom stereocenters. The van der Waals surface area contributed by atoms with E-state index in [0.717, 1.165) is 36.6 Å². The normalized spacial score (nSPS) is 16.1. The van der Waals surface area contributed by atoms with Crippen LogP contribution in [0.2, 0.25) is 0 Å². The second-order valence-corrected chi connectivity index (χ2v) is 10.4. The lowest BCUT2D eigenvalue weighted by molar-refractivity contribution is -0.129. The van der Waals surface area contributed by atoms with Crippen molar-refractivity contribution < 1.29 is 13.2 Å². The minimum absolute atomic E-state index is 0.145. The molecular formula is C20H30N4O3S2. The number of hydrogen-bond donors (Lipinski definition) is 0. The minimum Gasteiger partial charge on any atom is -0.342 e. The zero-order valence-corrected chi connectivity index (χ0v) is 19.2. The number of likely N-dealkylation sites (tertiary alicyclic amines) is 1. The van der Waals surface area contributed by atoms with Crippen LogP contribution >= 0.6 is 11.8 Å². The molecule has 0 saturated carbocycles. The molecule has 160 valence electrons. The Balaban J connectivity index is 1.92. The largest absolute Gasteiger partial charge is 0.342 e. The summed E-state index contributed by atoms with van der Waals surface area (Å²) < 4.78 is 29.2. The third-order valence-corrected chi connectivity index (χ3v) is 8.52. The Hall–Kier alpha value is -1.58. The molecule has 1 aromatic heterocycles. The number of imidazole rings is 1. The van der Waals surface area contributed by atoms with Gasteiger partial charge in [-0.05, 0) is 44.9 Å². The second kappa shape index (κ2) is 9.06. The number of thioether (sulfide) groups is 1. The molecule has 0 spiro atoms. The number of fused-ring (bicyclic) bond motifs is 1. The van der Waals surface area contributed by atoms with E-state index in [1.165, 1.54) is 16.1 Å². The van der Waals surface area contributed by atoms with Crippen LogP contribution in [-0.4, -0.2) is 64.5 Å². The summed E-state index contributed by atoms with van der Waals surface area (Å²) in [5.41, 5.74) is 1.53. The first-order valence-corrected chi connectivity index (χ1v) is 12.6. The predicted molar refractivity (Wildman–Crippen MR) is 117 cm³/mol. The Kier molecular flexibility index (Phi) is 6.90. The summed E-state index contributed by atoms with van der Waals surface area (Å²) in [6.07, 6.45) is 2.14. The average molecular weight is 439 g/mol. The van der Waals surface area contributed by atoms with E-state index < -0.39 is 10.0 Å². The standard InChI is InChI=1S/C20H30N4O3S2/c1-5-23(6-2)29(26,27)16-10-11-18-17(14-16)21-20(24(18)7-3)28-15(4)19(25)22-12-8-9-13-22/h10-11,14-15H,5-9,12-13H2,1-4H3/t15-/m0/s1. The highest BCUT2D eigenvalue weighted by Crippen LogP contribution is 2.30. The van der Waals surface area contributed by atoms with E-state index in [1.807, 2.05) is 43.2 Å². The maximum Gasteiger partial charge on any atom is 0.243 e. The summed E-state index contributed by atoms with van der Waals surface area (Å²) in [6, 6.07) is 5.11. The molecular weight excluding hydrogens is 408 g/mol. The molecule has 1 aliphatic heterocycles. The fourth-order valence-electron chi connectivity index (χ4n) is 3.76. The van der Waals surface area contributed by atoms with Crippen LogP contribution in [0.4, 0.5) is 0 Å². The van der Waals surface area contributed by atoms with Crippen molar-refractivity contribution in [2.45, 2.75) is 62.4 Å². The summed E-state index contributed by atoms with van der Waals surface area (Å²) in [5, 5.41) is 0.522. The topological polar surface area (TPSA) is 75.5 Å². The quantitative estimate of drug-likeness (QED) is 0.592. The number of carbonyl (C=O) groups is 1. The lowest BCUT2D eigenvalue weighted by Crippen LogP contribution is -2.34. The van der Waals surface area contributed by atoms with E-state index in [1.54, 1.807) is 12.1 Å². The predicted octanol–water partition coefficient (Wildman–Crippen LogP) is 3.19. The summed E-state index contributed by atoms with van der Waals surface area (Å²) in [7, 11) is -3.53. The van der Waals surface area contributed by atoms with Crippen LogP contribution in [0.3, 0.4) is 0 Å². The third kappa shape index (κ3) is 4.32. The number of rotatable bonds is 8. The maximum absolute atomic E-state index is 12.8. The second-order valence-electron chi connectivity index (χ2n) is 7.17. The molecule has 1 aromatic carbocycles. The van der Waals surface area contributed by atoms with E-state index in [4.69, 9.17) is 0 Å². The van der Waals surface area contributed by atoms with Crippen LogP contribution < -0.4 is 0 Å². The van der Waals surface area contributed by atoms with Crippen molar-refractivity contribution >= 4 is 38.7 Å². The molecule has 0 N–H and O–H groups in total. The van der Waals surface area contributed by atoms with Gasteiger partial charge in [-0.2, -0.15) is 4.31 Å². The molecule has 1 fully saturated rings. The Labute approximate surface area is 177 Å². The van der Waals surface area contributed by atoms with Gasteiger partial charge in [-0.25, -0.2) is 13.4 Å². The van der Waals surface area contributed by atoms with Gasteiger partial charge in [0.1, 0.15) is 0 Å². The van der Waals surface area contributed by atoms with Crippen LogP contribution in [-0.2, 0) is 21.4 Å². The molecule has 1 saturated heterocycles. The van der Waals surface area contributed by atoms with Crippen molar-refractivity contribution in [2.24, 2.45) is 0 Å². The van der Waals surface area contributed by atoms with E-state index >= 15 is 0 Å². The van der Waals surface area contributed by atoms with Gasteiger partial charge < -0.3 is 9.47 Å². The molecule has 2 heterocycles. The molecule has 7 nitrogen and oxygen atoms in total. The van der Waals surface area contributed by atoms with Gasteiger partial charge in [0, 0.05) is 32.7 Å². The Morgan fingerprint density at radius 3 is 2.45 bits per heavy atom. The number of aryl methyl sites for hydroxylation is 1. The number of hydrogen-bond acceptors (Lipinski definition) is 5. The minimum atomic E-state index is -3.53. The zero-order valence-electron chi connectivity index (χ0n) is 17.6. The summed E-state index contributed by atoms with van der Waals surface area (Å²) in [6.45, 7) is 10.8. The van der Waals surface area contributed by atoms with Crippen LogP contribution in [0.15, 0.2) is 28.3 Å². The number of aromatic nitrogens is 2. The van der Waals surface area contributed by atoms with Gasteiger partial charge in [-0.1, -0.05) is 25.6 Å². The van der Waals surface area contributed by atoms with E-state index in [0.29, 0.717) is 25.2 Å². The molecule has 3 rings (SSSR count). The molecule has 0 aliphatic carbocycles. The number of benzene rings is 1. The number of amides is 1. The average Bonchev–Trinajstić information content (AvgIpc) is 3.35. The van der Waals surface area contributed by atoms with Crippen molar-refractivity contribution in [1.29, 1.82) is 0 Å². The maximum atomic E-state index is 12.8. The fourth-order valence-corrected chi connectivity index (χ4v) is 6.31. The van der Waals surface area contributed by atoms with Gasteiger partial charge in [0.05, 0.1) is 21.2 Å². The van der Waals surface area contributed by atoms with Crippen LogP contribution in [0.25, 0.3) is 11.0 Å². The van der Waals surface area contributed by atoms with Gasteiger partial charge in [0.15, 0.2) is 5.16 Å². The first-order chi connectivity index (χ1) is 13.8.